The number of fused-ring (bicyclic) bond motifs is 1. The molecule has 0 fully saturated rings. The highest BCUT2D eigenvalue weighted by Crippen LogP contribution is 2.33. The van der Waals surface area contributed by atoms with E-state index in [0.717, 1.165) is 6.07 Å². The van der Waals surface area contributed by atoms with Gasteiger partial charge >= 0.3 is 13.1 Å². The van der Waals surface area contributed by atoms with Crippen molar-refractivity contribution < 1.29 is 33.2 Å². The van der Waals surface area contributed by atoms with Crippen molar-refractivity contribution in [3.63, 3.8) is 0 Å². The number of carboxylic acids is 1. The van der Waals surface area contributed by atoms with Crippen molar-refractivity contribution in [2.45, 2.75) is 25.2 Å². The van der Waals surface area contributed by atoms with Gasteiger partial charge in [-0.1, -0.05) is 0 Å². The zero-order chi connectivity index (χ0) is 17.1. The molecule has 1 aliphatic heterocycles. The van der Waals surface area contributed by atoms with Crippen LogP contribution in [0, 0.1) is 23.0 Å². The number of nitriles is 1. The van der Waals surface area contributed by atoms with E-state index in [0.29, 0.717) is 0 Å². The van der Waals surface area contributed by atoms with Crippen LogP contribution in [0.1, 0.15) is 28.8 Å². The van der Waals surface area contributed by atoms with Crippen LogP contribution >= 0.6 is 0 Å². The molecule has 0 aromatic heterocycles. The summed E-state index contributed by atoms with van der Waals surface area (Å²) in [5.41, 5.74) is -0.995. The monoisotopic (exact) mass is 324 g/mol. The summed E-state index contributed by atoms with van der Waals surface area (Å²) in [6, 6.07) is 2.55. The zero-order valence-electron chi connectivity index (χ0n) is 11.7. The second kappa shape index (κ2) is 6.62. The van der Waals surface area contributed by atoms with Crippen molar-refractivity contribution >= 4 is 19.0 Å². The van der Waals surface area contributed by atoms with Crippen LogP contribution in [0.3, 0.4) is 0 Å². The molecule has 1 aromatic rings. The van der Waals surface area contributed by atoms with Crippen LogP contribution in [-0.4, -0.2) is 35.1 Å². The molecule has 0 aliphatic carbocycles. The van der Waals surface area contributed by atoms with Gasteiger partial charge in [0.25, 0.3) is 0 Å². The molecule has 1 atom stereocenters. The minimum Gasteiger partial charge on any atom is -0.534 e. The Bertz CT molecular complexity index is 707. The molecule has 0 spiro atoms. The van der Waals surface area contributed by atoms with Gasteiger partial charge in [-0.2, -0.15) is 5.26 Å². The van der Waals surface area contributed by atoms with Crippen LogP contribution in [0.4, 0.5) is 8.78 Å². The van der Waals surface area contributed by atoms with Crippen molar-refractivity contribution in [3.8, 4) is 11.8 Å². The number of hydrogen-bond donors (Lipinski definition) is 3. The lowest BCUT2D eigenvalue weighted by Crippen LogP contribution is -2.53. The molecule has 2 rings (SSSR count). The van der Waals surface area contributed by atoms with Gasteiger partial charge < -0.3 is 20.1 Å². The van der Waals surface area contributed by atoms with E-state index < -0.39 is 47.9 Å². The molecule has 0 unspecified atom stereocenters. The molecule has 120 valence electrons. The molecule has 1 aliphatic rings. The molecule has 7 nitrogen and oxygen atoms in total. The van der Waals surface area contributed by atoms with Crippen molar-refractivity contribution in [3.05, 3.63) is 28.8 Å². The number of hydrogen-bond acceptors (Lipinski definition) is 5. The van der Waals surface area contributed by atoms with Gasteiger partial charge in [-0.3, -0.25) is 4.79 Å². The highest BCUT2D eigenvalue weighted by molar-refractivity contribution is 6.47. The summed E-state index contributed by atoms with van der Waals surface area (Å²) in [6.07, 6.45) is -0.258. The van der Waals surface area contributed by atoms with Gasteiger partial charge in [0.05, 0.1) is 12.0 Å². The minimum absolute atomic E-state index is 0.0113. The number of carboxylic acid groups (broad SMARTS) is 1. The lowest BCUT2D eigenvalue weighted by Gasteiger charge is -2.29. The number of halogens is 2. The average Bonchev–Trinajstić information content (AvgIpc) is 2.48. The first kappa shape index (κ1) is 16.7. The molecule has 1 heterocycles. The maximum absolute atomic E-state index is 13.6. The zero-order valence-corrected chi connectivity index (χ0v) is 11.7. The summed E-state index contributed by atoms with van der Waals surface area (Å²) in [5.74, 6) is -6.65. The van der Waals surface area contributed by atoms with Gasteiger partial charge in [0.2, 0.25) is 5.91 Å². The Hall–Kier alpha value is -2.67. The number of nitrogens with one attached hydrogen (secondary N) is 1. The number of carbonyl (C=O) groups is 2. The first-order chi connectivity index (χ1) is 10.8. The fourth-order valence-electron chi connectivity index (χ4n) is 2.25. The van der Waals surface area contributed by atoms with Crippen LogP contribution < -0.4 is 9.97 Å². The second-order valence-electron chi connectivity index (χ2n) is 4.89. The fourth-order valence-corrected chi connectivity index (χ4v) is 2.25. The van der Waals surface area contributed by atoms with Crippen molar-refractivity contribution in [1.29, 1.82) is 5.26 Å². The molecule has 1 amide bonds. The number of benzene rings is 1. The standard InChI is InChI=1S/C13H11BF2N2O5/c15-7-4-6-5-8(18-9(19)2-1-3-17)14(22)23-12(6)10(11(7)16)13(20)21/h4,8,22H,1-2,5H2,(H,18,19)(H,20,21)/t8-/m0/s1. The van der Waals surface area contributed by atoms with E-state index in [1.54, 1.807) is 6.07 Å². The van der Waals surface area contributed by atoms with Crippen LogP contribution in [0.15, 0.2) is 6.07 Å². The summed E-state index contributed by atoms with van der Waals surface area (Å²) >= 11 is 0. The van der Waals surface area contributed by atoms with Crippen molar-refractivity contribution in [2.24, 2.45) is 0 Å². The van der Waals surface area contributed by atoms with Crippen LogP contribution in [0.25, 0.3) is 0 Å². The molecule has 0 saturated heterocycles. The molecular formula is C13H11BF2N2O5. The maximum Gasteiger partial charge on any atom is 0.547 e. The van der Waals surface area contributed by atoms with Crippen molar-refractivity contribution in [1.82, 2.24) is 5.32 Å². The number of aromatic carboxylic acids is 1. The van der Waals surface area contributed by atoms with E-state index in [1.165, 1.54) is 0 Å². The highest BCUT2D eigenvalue weighted by atomic mass is 19.2. The van der Waals surface area contributed by atoms with Crippen LogP contribution in [-0.2, 0) is 11.2 Å². The fraction of sp³-hybridized carbons (Fsp3) is 0.308. The smallest absolute Gasteiger partial charge is 0.534 e. The Balaban J connectivity index is 2.28. The average molecular weight is 324 g/mol. The molecular weight excluding hydrogens is 313 g/mol. The lowest BCUT2D eigenvalue weighted by molar-refractivity contribution is -0.121. The Morgan fingerprint density at radius 1 is 1.52 bits per heavy atom. The van der Waals surface area contributed by atoms with Crippen molar-refractivity contribution in [2.75, 3.05) is 0 Å². The number of rotatable bonds is 4. The summed E-state index contributed by atoms with van der Waals surface area (Å²) in [4.78, 5) is 22.6. The molecule has 0 radical (unpaired) electrons. The molecule has 0 bridgehead atoms. The van der Waals surface area contributed by atoms with Gasteiger partial charge in [-0.15, -0.1) is 0 Å². The van der Waals surface area contributed by atoms with E-state index in [2.05, 4.69) is 5.32 Å². The topological polar surface area (TPSA) is 120 Å². The molecule has 10 heteroatoms. The summed E-state index contributed by atoms with van der Waals surface area (Å²) in [7, 11) is -1.63. The van der Waals surface area contributed by atoms with Gasteiger partial charge in [-0.25, -0.2) is 13.6 Å². The van der Waals surface area contributed by atoms with E-state index in [-0.39, 0.29) is 24.8 Å². The van der Waals surface area contributed by atoms with Crippen LogP contribution in [0.2, 0.25) is 0 Å². The van der Waals surface area contributed by atoms with Gasteiger partial charge in [0.1, 0.15) is 11.3 Å². The summed E-state index contributed by atoms with van der Waals surface area (Å²) in [5, 5.41) is 29.6. The van der Waals surface area contributed by atoms with Gasteiger partial charge in [-0.05, 0) is 18.1 Å². The number of amides is 1. The normalized spacial score (nSPS) is 16.1. The van der Waals surface area contributed by atoms with E-state index >= 15 is 0 Å². The predicted molar refractivity (Wildman–Crippen MR) is 72.4 cm³/mol. The summed E-state index contributed by atoms with van der Waals surface area (Å²) in [6.45, 7) is 0. The SMILES string of the molecule is N#CCCC(=O)N[C@H]1Cc2cc(F)c(F)c(C(=O)O)c2OB1O. The Labute approximate surface area is 129 Å². The largest absolute Gasteiger partial charge is 0.547 e. The maximum atomic E-state index is 13.6. The Morgan fingerprint density at radius 3 is 2.83 bits per heavy atom. The predicted octanol–water partition coefficient (Wildman–Crippen LogP) is 0.406. The highest BCUT2D eigenvalue weighted by Gasteiger charge is 2.39. The quantitative estimate of drug-likeness (QED) is 0.690. The number of carbonyl (C=O) groups excluding carboxylic acids is 1. The number of nitrogens with zero attached hydrogens (tertiary/aromatic N) is 1. The molecule has 0 saturated carbocycles. The summed E-state index contributed by atoms with van der Waals surface area (Å²) < 4.78 is 32.1. The van der Waals surface area contributed by atoms with Gasteiger partial charge in [0.15, 0.2) is 11.6 Å². The molecule has 1 aromatic carbocycles. The second-order valence-corrected chi connectivity index (χ2v) is 4.89. The first-order valence-corrected chi connectivity index (χ1v) is 6.60. The Morgan fingerprint density at radius 2 is 2.22 bits per heavy atom. The van der Waals surface area contributed by atoms with Gasteiger partial charge in [0, 0.05) is 12.8 Å². The minimum atomic E-state index is -1.73. The Kier molecular flexibility index (Phi) is 4.81. The van der Waals surface area contributed by atoms with E-state index in [1.807, 2.05) is 0 Å². The molecule has 3 N–H and O–H groups in total. The third-order valence-electron chi connectivity index (χ3n) is 3.30. The third kappa shape index (κ3) is 3.40. The third-order valence-corrected chi connectivity index (χ3v) is 3.30. The van der Waals surface area contributed by atoms with E-state index in [9.17, 15) is 23.4 Å². The lowest BCUT2D eigenvalue weighted by atomic mass is 9.72. The van der Waals surface area contributed by atoms with Crippen LogP contribution in [0.5, 0.6) is 5.75 Å². The van der Waals surface area contributed by atoms with E-state index in [4.69, 9.17) is 15.0 Å². The molecule has 23 heavy (non-hydrogen) atoms. The first-order valence-electron chi connectivity index (χ1n) is 6.60.